The van der Waals surface area contributed by atoms with Gasteiger partial charge in [-0.05, 0) is 56.0 Å². The van der Waals surface area contributed by atoms with Gasteiger partial charge in [0.2, 0.25) is 0 Å². The first-order chi connectivity index (χ1) is 12.1. The quantitative estimate of drug-likeness (QED) is 0.682. The van der Waals surface area contributed by atoms with E-state index < -0.39 is 0 Å². The molecule has 4 nitrogen and oxygen atoms in total. The van der Waals surface area contributed by atoms with Gasteiger partial charge < -0.3 is 10.2 Å². The van der Waals surface area contributed by atoms with Crippen molar-refractivity contribution in [3.8, 4) is 0 Å². The van der Waals surface area contributed by atoms with Gasteiger partial charge in [-0.25, -0.2) is 9.78 Å². The Morgan fingerprint density at radius 1 is 1.24 bits per heavy atom. The zero-order valence-corrected chi connectivity index (χ0v) is 15.3. The van der Waals surface area contributed by atoms with E-state index in [1.54, 1.807) is 11.3 Å². The average Bonchev–Trinajstić information content (AvgIpc) is 3.20. The highest BCUT2D eigenvalue weighted by atomic mass is 32.1. The molecule has 0 saturated carbocycles. The van der Waals surface area contributed by atoms with Crippen LogP contribution in [0.3, 0.4) is 0 Å². The van der Waals surface area contributed by atoms with E-state index in [9.17, 15) is 4.79 Å². The Bertz CT molecular complexity index is 934. The first-order valence-electron chi connectivity index (χ1n) is 8.62. The number of likely N-dealkylation sites (tertiary alicyclic amines) is 1. The van der Waals surface area contributed by atoms with E-state index >= 15 is 0 Å². The molecule has 0 spiro atoms. The van der Waals surface area contributed by atoms with Crippen LogP contribution in [-0.2, 0) is 0 Å². The van der Waals surface area contributed by atoms with Gasteiger partial charge in [0.25, 0.3) is 0 Å². The molecule has 4 rings (SSSR count). The first kappa shape index (κ1) is 16.1. The largest absolute Gasteiger partial charge is 0.322 e. The van der Waals surface area contributed by atoms with Crippen LogP contribution in [0.2, 0.25) is 0 Å². The van der Waals surface area contributed by atoms with Crippen molar-refractivity contribution in [3.63, 3.8) is 0 Å². The number of aryl methyl sites for hydroxylation is 2. The maximum atomic E-state index is 12.8. The fourth-order valence-corrected chi connectivity index (χ4v) is 4.42. The standard InChI is InChI=1S/C20H21N3OS/c1-13-6-3-4-7-16(13)18-8-5-11-23(18)20(24)22-15-9-10-19-17(12-15)21-14(2)25-19/h3-4,6-7,9-10,12,18H,5,8,11H2,1-2H3,(H,22,24). The Balaban J connectivity index is 1.55. The van der Waals surface area contributed by atoms with Crippen molar-refractivity contribution >= 4 is 33.3 Å². The van der Waals surface area contributed by atoms with Gasteiger partial charge in [-0.2, -0.15) is 0 Å². The summed E-state index contributed by atoms with van der Waals surface area (Å²) in [5.41, 5.74) is 4.24. The van der Waals surface area contributed by atoms with Gasteiger partial charge in [0.05, 0.1) is 21.3 Å². The molecule has 128 valence electrons. The molecule has 1 fully saturated rings. The van der Waals surface area contributed by atoms with E-state index in [-0.39, 0.29) is 12.1 Å². The number of urea groups is 1. The number of fused-ring (bicyclic) bond motifs is 1. The fourth-order valence-electron chi connectivity index (χ4n) is 3.61. The molecule has 1 atom stereocenters. The van der Waals surface area contributed by atoms with Crippen LogP contribution >= 0.6 is 11.3 Å². The van der Waals surface area contributed by atoms with Crippen LogP contribution in [0.15, 0.2) is 42.5 Å². The molecule has 2 heterocycles. The van der Waals surface area contributed by atoms with Crippen molar-refractivity contribution in [2.24, 2.45) is 0 Å². The second kappa shape index (κ2) is 6.48. The maximum absolute atomic E-state index is 12.8. The topological polar surface area (TPSA) is 45.2 Å². The molecule has 1 unspecified atom stereocenters. The summed E-state index contributed by atoms with van der Waals surface area (Å²) in [5, 5.41) is 4.10. The summed E-state index contributed by atoms with van der Waals surface area (Å²) in [4.78, 5) is 19.3. The molecule has 25 heavy (non-hydrogen) atoms. The second-order valence-corrected chi connectivity index (χ2v) is 7.79. The van der Waals surface area contributed by atoms with Gasteiger partial charge in [0.15, 0.2) is 0 Å². The van der Waals surface area contributed by atoms with Crippen LogP contribution in [0, 0.1) is 13.8 Å². The molecule has 2 amide bonds. The van der Waals surface area contributed by atoms with E-state index in [0.717, 1.165) is 40.3 Å². The Morgan fingerprint density at radius 3 is 2.92 bits per heavy atom. The van der Waals surface area contributed by atoms with Crippen molar-refractivity contribution in [1.29, 1.82) is 0 Å². The molecule has 1 aliphatic rings. The van der Waals surface area contributed by atoms with Crippen molar-refractivity contribution in [2.45, 2.75) is 32.7 Å². The molecule has 1 aliphatic heterocycles. The molecule has 0 radical (unpaired) electrons. The van der Waals surface area contributed by atoms with E-state index in [0.29, 0.717) is 0 Å². The van der Waals surface area contributed by atoms with E-state index in [1.807, 2.05) is 36.1 Å². The normalized spacial score (nSPS) is 17.2. The molecule has 2 aromatic carbocycles. The fraction of sp³-hybridized carbons (Fsp3) is 0.300. The summed E-state index contributed by atoms with van der Waals surface area (Å²) in [6.45, 7) is 4.91. The summed E-state index contributed by atoms with van der Waals surface area (Å²) in [7, 11) is 0. The highest BCUT2D eigenvalue weighted by Gasteiger charge is 2.30. The minimum Gasteiger partial charge on any atom is -0.317 e. The summed E-state index contributed by atoms with van der Waals surface area (Å²) >= 11 is 1.67. The maximum Gasteiger partial charge on any atom is 0.322 e. The van der Waals surface area contributed by atoms with Crippen molar-refractivity contribution < 1.29 is 4.79 Å². The number of benzene rings is 2. The molecule has 5 heteroatoms. The molecule has 3 aromatic rings. The van der Waals surface area contributed by atoms with Crippen LogP contribution in [0.4, 0.5) is 10.5 Å². The monoisotopic (exact) mass is 351 g/mol. The van der Waals surface area contributed by atoms with Crippen molar-refractivity contribution in [3.05, 3.63) is 58.6 Å². The molecule has 0 bridgehead atoms. The molecular weight excluding hydrogens is 330 g/mol. The third kappa shape index (κ3) is 3.12. The molecule has 1 saturated heterocycles. The van der Waals surface area contributed by atoms with E-state index in [4.69, 9.17) is 0 Å². The van der Waals surface area contributed by atoms with Gasteiger partial charge >= 0.3 is 6.03 Å². The third-order valence-corrected chi connectivity index (χ3v) is 5.76. The number of aromatic nitrogens is 1. The predicted octanol–water partition coefficient (Wildman–Crippen LogP) is 5.28. The number of thiazole rings is 1. The van der Waals surface area contributed by atoms with Gasteiger partial charge in [-0.3, -0.25) is 0 Å². The summed E-state index contributed by atoms with van der Waals surface area (Å²) < 4.78 is 1.15. The lowest BCUT2D eigenvalue weighted by atomic mass is 9.99. The molecule has 1 aromatic heterocycles. The van der Waals surface area contributed by atoms with Crippen molar-refractivity contribution in [1.82, 2.24) is 9.88 Å². The average molecular weight is 351 g/mol. The van der Waals surface area contributed by atoms with Gasteiger partial charge in [-0.15, -0.1) is 11.3 Å². The summed E-state index contributed by atoms with van der Waals surface area (Å²) in [6.07, 6.45) is 2.05. The Hall–Kier alpha value is -2.40. The zero-order chi connectivity index (χ0) is 17.4. The lowest BCUT2D eigenvalue weighted by molar-refractivity contribution is 0.207. The number of carbonyl (C=O) groups excluding carboxylic acids is 1. The number of rotatable bonds is 2. The van der Waals surface area contributed by atoms with Gasteiger partial charge in [-0.1, -0.05) is 24.3 Å². The molecular formula is C20H21N3OS. The Morgan fingerprint density at radius 2 is 2.08 bits per heavy atom. The van der Waals surface area contributed by atoms with Crippen LogP contribution in [0.25, 0.3) is 10.2 Å². The predicted molar refractivity (Wildman–Crippen MR) is 103 cm³/mol. The van der Waals surface area contributed by atoms with Crippen LogP contribution in [-0.4, -0.2) is 22.5 Å². The van der Waals surface area contributed by atoms with Crippen LogP contribution in [0.5, 0.6) is 0 Å². The number of carbonyl (C=O) groups is 1. The number of nitrogens with one attached hydrogen (secondary N) is 1. The van der Waals surface area contributed by atoms with E-state index in [2.05, 4.69) is 35.4 Å². The van der Waals surface area contributed by atoms with Crippen LogP contribution < -0.4 is 5.32 Å². The molecule has 0 aliphatic carbocycles. The lowest BCUT2D eigenvalue weighted by Crippen LogP contribution is -2.34. The number of amides is 2. The number of anilines is 1. The highest BCUT2D eigenvalue weighted by Crippen LogP contribution is 2.34. The number of hydrogen-bond acceptors (Lipinski definition) is 3. The zero-order valence-electron chi connectivity index (χ0n) is 14.5. The smallest absolute Gasteiger partial charge is 0.317 e. The van der Waals surface area contributed by atoms with Crippen LogP contribution in [0.1, 0.15) is 35.0 Å². The van der Waals surface area contributed by atoms with Gasteiger partial charge in [0, 0.05) is 12.2 Å². The van der Waals surface area contributed by atoms with Gasteiger partial charge in [0.1, 0.15) is 0 Å². The summed E-state index contributed by atoms with van der Waals surface area (Å²) in [5.74, 6) is 0. The van der Waals surface area contributed by atoms with E-state index in [1.165, 1.54) is 11.1 Å². The second-order valence-electron chi connectivity index (χ2n) is 6.55. The highest BCUT2D eigenvalue weighted by molar-refractivity contribution is 7.18. The Kier molecular flexibility index (Phi) is 4.17. The number of nitrogens with zero attached hydrogens (tertiary/aromatic N) is 2. The SMILES string of the molecule is Cc1nc2cc(NC(=O)N3CCCC3c3ccccc3C)ccc2s1. The minimum atomic E-state index is -0.0305. The third-order valence-electron chi connectivity index (χ3n) is 4.81. The summed E-state index contributed by atoms with van der Waals surface area (Å²) in [6, 6.07) is 14.4. The lowest BCUT2D eigenvalue weighted by Gasteiger charge is -2.26. The first-order valence-corrected chi connectivity index (χ1v) is 9.44. The van der Waals surface area contributed by atoms with Crippen molar-refractivity contribution in [2.75, 3.05) is 11.9 Å². The molecule has 1 N–H and O–H groups in total. The number of hydrogen-bond donors (Lipinski definition) is 1. The minimum absolute atomic E-state index is 0.0305. The Labute approximate surface area is 151 Å².